The van der Waals surface area contributed by atoms with Gasteiger partial charge in [-0.2, -0.15) is 0 Å². The molecule has 1 aliphatic carbocycles. The highest BCUT2D eigenvalue weighted by Gasteiger charge is 2.32. The number of aromatic amines is 1. The summed E-state index contributed by atoms with van der Waals surface area (Å²) < 4.78 is 2.17. The highest BCUT2D eigenvalue weighted by Crippen LogP contribution is 2.42. The summed E-state index contributed by atoms with van der Waals surface area (Å²) in [4.78, 5) is 20.8. The van der Waals surface area contributed by atoms with E-state index in [1.54, 1.807) is 12.4 Å². The first kappa shape index (κ1) is 18.1. The van der Waals surface area contributed by atoms with Gasteiger partial charge in [0.15, 0.2) is 16.8 Å². The third-order valence-corrected chi connectivity index (χ3v) is 6.34. The summed E-state index contributed by atoms with van der Waals surface area (Å²) in [5, 5.41) is 10.4. The minimum absolute atomic E-state index is 0.109. The lowest BCUT2D eigenvalue weighted by molar-refractivity contribution is 0.0995. The number of benzene rings is 1. The molecule has 6 nitrogen and oxygen atoms in total. The number of hydrogen-bond donors (Lipinski definition) is 1. The van der Waals surface area contributed by atoms with Gasteiger partial charge in [-0.3, -0.25) is 14.3 Å². The molecule has 0 spiro atoms. The van der Waals surface area contributed by atoms with Crippen molar-refractivity contribution in [2.24, 2.45) is 0 Å². The van der Waals surface area contributed by atoms with Crippen LogP contribution in [0.15, 0.2) is 53.9 Å². The average Bonchev–Trinajstić information content (AvgIpc) is 3.40. The Morgan fingerprint density at radius 1 is 1.21 bits per heavy atom. The number of H-pyrrole nitrogens is 1. The van der Waals surface area contributed by atoms with E-state index >= 15 is 0 Å². The Morgan fingerprint density at radius 2 is 2.03 bits per heavy atom. The second-order valence-corrected chi connectivity index (χ2v) is 8.75. The number of Topliss-reactive ketones (excluding diaryl/α,β-unsaturated/α-hetero) is 1. The molecule has 7 heteroatoms. The Balaban J connectivity index is 1.47. The Bertz CT molecular complexity index is 1190. The molecule has 0 saturated heterocycles. The maximum absolute atomic E-state index is 13.3. The van der Waals surface area contributed by atoms with Gasteiger partial charge in [-0.15, -0.1) is 10.2 Å². The third kappa shape index (κ3) is 3.25. The molecule has 1 aromatic carbocycles. The van der Waals surface area contributed by atoms with Gasteiger partial charge in [0.25, 0.3) is 0 Å². The fourth-order valence-electron chi connectivity index (χ4n) is 3.72. The predicted octanol–water partition coefficient (Wildman–Crippen LogP) is 4.83. The number of nitrogens with zero attached hydrogens (tertiary/aromatic N) is 4. The zero-order chi connectivity index (χ0) is 20.0. The molecule has 1 aliphatic rings. The van der Waals surface area contributed by atoms with Crippen LogP contribution in [0.25, 0.3) is 22.3 Å². The fraction of sp³-hybridized carbons (Fsp3) is 0.273. The van der Waals surface area contributed by atoms with Crippen LogP contribution in [-0.2, 0) is 0 Å². The fourth-order valence-corrected chi connectivity index (χ4v) is 4.70. The zero-order valence-corrected chi connectivity index (χ0v) is 17.1. The summed E-state index contributed by atoms with van der Waals surface area (Å²) in [6, 6.07) is 12.2. The van der Waals surface area contributed by atoms with Gasteiger partial charge in [0.2, 0.25) is 0 Å². The van der Waals surface area contributed by atoms with Crippen molar-refractivity contribution in [2.45, 2.75) is 43.1 Å². The molecule has 1 saturated carbocycles. The van der Waals surface area contributed by atoms with E-state index in [2.05, 4.69) is 24.7 Å². The lowest BCUT2D eigenvalue weighted by Crippen LogP contribution is -2.15. The number of pyridine rings is 1. The molecule has 1 atom stereocenters. The van der Waals surface area contributed by atoms with Gasteiger partial charge in [-0.1, -0.05) is 30.0 Å². The third-order valence-electron chi connectivity index (χ3n) is 5.29. The number of fused-ring (bicyclic) bond motifs is 1. The molecule has 1 N–H and O–H groups in total. The Hall–Kier alpha value is -2.93. The number of rotatable bonds is 6. The summed E-state index contributed by atoms with van der Waals surface area (Å²) in [7, 11) is 0. The average molecular weight is 404 g/mol. The topological polar surface area (TPSA) is 76.5 Å². The van der Waals surface area contributed by atoms with Crippen LogP contribution in [0.4, 0.5) is 0 Å². The molecule has 0 aliphatic heterocycles. The molecular weight excluding hydrogens is 382 g/mol. The smallest absolute Gasteiger partial charge is 0.192 e. The molecule has 3 aromatic heterocycles. The molecule has 3 heterocycles. The summed E-state index contributed by atoms with van der Waals surface area (Å²) >= 11 is 1.48. The van der Waals surface area contributed by atoms with Crippen molar-refractivity contribution >= 4 is 28.4 Å². The lowest BCUT2D eigenvalue weighted by atomic mass is 10.1. The maximum Gasteiger partial charge on any atom is 0.192 e. The van der Waals surface area contributed by atoms with E-state index in [1.165, 1.54) is 11.8 Å². The SMILES string of the molecule is Cc1[nH]c2ccccc2c1C(=O)[C@@H](C)Sc1nnc(-c2cccnc2)n1C1CC1. The molecule has 29 heavy (non-hydrogen) atoms. The second kappa shape index (κ2) is 7.15. The second-order valence-electron chi connectivity index (χ2n) is 7.44. The van der Waals surface area contributed by atoms with Crippen LogP contribution in [0, 0.1) is 6.92 Å². The van der Waals surface area contributed by atoms with Crippen molar-refractivity contribution in [3.63, 3.8) is 0 Å². The molecule has 1 fully saturated rings. The standard InChI is InChI=1S/C22H21N5OS/c1-13-19(17-7-3-4-8-18(17)24-13)20(28)14(2)29-22-26-25-21(27(22)16-9-10-16)15-6-5-11-23-12-15/h3-8,11-12,14,16,24H,9-10H2,1-2H3/t14-/m1/s1. The first-order valence-electron chi connectivity index (χ1n) is 9.77. The number of carbonyl (C=O) groups excluding carboxylic acids is 1. The Morgan fingerprint density at radius 3 is 2.79 bits per heavy atom. The van der Waals surface area contributed by atoms with Crippen molar-refractivity contribution in [2.75, 3.05) is 0 Å². The summed E-state index contributed by atoms with van der Waals surface area (Å²) in [5.74, 6) is 0.934. The molecule has 5 rings (SSSR count). The van der Waals surface area contributed by atoms with Gasteiger partial charge < -0.3 is 4.98 Å². The molecule has 0 bridgehead atoms. The Kier molecular flexibility index (Phi) is 4.47. The minimum atomic E-state index is -0.267. The number of thioether (sulfide) groups is 1. The number of nitrogens with one attached hydrogen (secondary N) is 1. The number of ketones is 1. The monoisotopic (exact) mass is 403 g/mol. The first-order chi connectivity index (χ1) is 14.1. The largest absolute Gasteiger partial charge is 0.358 e. The van der Waals surface area contributed by atoms with Crippen molar-refractivity contribution in [1.29, 1.82) is 0 Å². The van der Waals surface area contributed by atoms with E-state index in [1.807, 2.05) is 50.2 Å². The van der Waals surface area contributed by atoms with E-state index in [0.717, 1.165) is 51.5 Å². The molecular formula is C22H21N5OS. The van der Waals surface area contributed by atoms with Gasteiger partial charge in [-0.05, 0) is 44.9 Å². The zero-order valence-electron chi connectivity index (χ0n) is 16.3. The van der Waals surface area contributed by atoms with Crippen molar-refractivity contribution in [1.82, 2.24) is 24.7 Å². The van der Waals surface area contributed by atoms with Crippen LogP contribution < -0.4 is 0 Å². The lowest BCUT2D eigenvalue weighted by Gasteiger charge is -2.12. The molecule has 0 amide bonds. The number of aryl methyl sites for hydroxylation is 1. The van der Waals surface area contributed by atoms with Crippen LogP contribution in [-0.4, -0.2) is 35.8 Å². The highest BCUT2D eigenvalue weighted by molar-refractivity contribution is 8.00. The number of carbonyl (C=O) groups is 1. The summed E-state index contributed by atoms with van der Waals surface area (Å²) in [5.41, 5.74) is 3.62. The quantitative estimate of drug-likeness (QED) is 0.369. The van der Waals surface area contributed by atoms with Crippen LogP contribution in [0.5, 0.6) is 0 Å². The molecule has 0 unspecified atom stereocenters. The van der Waals surface area contributed by atoms with Gasteiger partial charge in [-0.25, -0.2) is 0 Å². The van der Waals surface area contributed by atoms with E-state index < -0.39 is 0 Å². The molecule has 146 valence electrons. The molecule has 4 aromatic rings. The van der Waals surface area contributed by atoms with Crippen LogP contribution in [0.3, 0.4) is 0 Å². The number of hydrogen-bond acceptors (Lipinski definition) is 5. The van der Waals surface area contributed by atoms with Crippen LogP contribution >= 0.6 is 11.8 Å². The summed E-state index contributed by atoms with van der Waals surface area (Å²) in [6.07, 6.45) is 5.79. The van der Waals surface area contributed by atoms with E-state index in [9.17, 15) is 4.79 Å². The van der Waals surface area contributed by atoms with Gasteiger partial charge in [0.1, 0.15) is 0 Å². The highest BCUT2D eigenvalue weighted by atomic mass is 32.2. The molecule has 0 radical (unpaired) electrons. The van der Waals surface area contributed by atoms with Crippen molar-refractivity contribution in [3.8, 4) is 11.4 Å². The van der Waals surface area contributed by atoms with Crippen LogP contribution in [0.1, 0.15) is 41.9 Å². The predicted molar refractivity (Wildman–Crippen MR) is 114 cm³/mol. The summed E-state index contributed by atoms with van der Waals surface area (Å²) in [6.45, 7) is 3.90. The number of para-hydroxylation sites is 1. The van der Waals surface area contributed by atoms with E-state index in [0.29, 0.717) is 6.04 Å². The van der Waals surface area contributed by atoms with Crippen molar-refractivity contribution in [3.05, 3.63) is 60.0 Å². The van der Waals surface area contributed by atoms with E-state index in [4.69, 9.17) is 0 Å². The van der Waals surface area contributed by atoms with Crippen molar-refractivity contribution < 1.29 is 4.79 Å². The first-order valence-corrected chi connectivity index (χ1v) is 10.6. The van der Waals surface area contributed by atoms with Gasteiger partial charge in [0.05, 0.1) is 5.25 Å². The normalized spacial score (nSPS) is 15.0. The van der Waals surface area contributed by atoms with Gasteiger partial charge in [0, 0.05) is 46.2 Å². The van der Waals surface area contributed by atoms with Gasteiger partial charge >= 0.3 is 0 Å². The van der Waals surface area contributed by atoms with Crippen LogP contribution in [0.2, 0.25) is 0 Å². The number of aromatic nitrogens is 5. The minimum Gasteiger partial charge on any atom is -0.358 e. The van der Waals surface area contributed by atoms with E-state index in [-0.39, 0.29) is 11.0 Å². The maximum atomic E-state index is 13.3. The Labute approximate surface area is 172 Å².